The summed E-state index contributed by atoms with van der Waals surface area (Å²) >= 11 is 1.31. The molecule has 1 amide bonds. The summed E-state index contributed by atoms with van der Waals surface area (Å²) in [6, 6.07) is 7.94. The van der Waals surface area contributed by atoms with E-state index in [1.807, 2.05) is 0 Å². The predicted molar refractivity (Wildman–Crippen MR) is 89.3 cm³/mol. The van der Waals surface area contributed by atoms with Gasteiger partial charge in [-0.1, -0.05) is 16.9 Å². The van der Waals surface area contributed by atoms with Crippen molar-refractivity contribution in [3.63, 3.8) is 0 Å². The molecule has 8 heteroatoms. The second kappa shape index (κ2) is 7.43. The Kier molecular flexibility index (Phi) is 5.08. The Morgan fingerprint density at radius 3 is 2.84 bits per heavy atom. The van der Waals surface area contributed by atoms with Gasteiger partial charge in [0.1, 0.15) is 22.4 Å². The van der Waals surface area contributed by atoms with Gasteiger partial charge in [-0.2, -0.15) is 0 Å². The van der Waals surface area contributed by atoms with E-state index in [0.717, 1.165) is 11.8 Å². The summed E-state index contributed by atoms with van der Waals surface area (Å²) in [4.78, 5) is 16.6. The fourth-order valence-electron chi connectivity index (χ4n) is 2.09. The molecule has 0 radical (unpaired) electrons. The fourth-order valence-corrected chi connectivity index (χ4v) is 2.96. The number of carbonyl (C=O) groups is 1. The topological polar surface area (TPSA) is 68.0 Å². The second-order valence-corrected chi connectivity index (χ2v) is 6.12. The molecule has 3 aromatic rings. The monoisotopic (exact) mass is 361 g/mol. The predicted octanol–water partition coefficient (Wildman–Crippen LogP) is 4.20. The van der Waals surface area contributed by atoms with Crippen LogP contribution < -0.4 is 5.32 Å². The molecule has 128 valence electrons. The van der Waals surface area contributed by atoms with Crippen LogP contribution in [0.2, 0.25) is 0 Å². The summed E-state index contributed by atoms with van der Waals surface area (Å²) in [5.41, 5.74) is 0.916. The number of nitrogens with zero attached hydrogens (tertiary/aromatic N) is 2. The number of halogens is 2. The van der Waals surface area contributed by atoms with E-state index in [9.17, 15) is 13.6 Å². The molecule has 0 aliphatic heterocycles. The highest BCUT2D eigenvalue weighted by Crippen LogP contribution is 2.25. The largest absolute Gasteiger partial charge is 0.361 e. The average molecular weight is 361 g/mol. The third kappa shape index (κ3) is 4.21. The molecule has 1 aromatic carbocycles. The Hall–Kier alpha value is -2.74. The molecule has 1 N–H and O–H groups in total. The van der Waals surface area contributed by atoms with Gasteiger partial charge in [0.25, 0.3) is 5.91 Å². The molecule has 0 fully saturated rings. The zero-order chi connectivity index (χ0) is 17.8. The number of hydrogen-bond acceptors (Lipinski definition) is 5. The van der Waals surface area contributed by atoms with Gasteiger partial charge in [0.15, 0.2) is 0 Å². The van der Waals surface area contributed by atoms with Crippen molar-refractivity contribution in [2.24, 2.45) is 0 Å². The Morgan fingerprint density at radius 2 is 2.12 bits per heavy atom. The maximum absolute atomic E-state index is 13.7. The molecule has 0 saturated carbocycles. The highest BCUT2D eigenvalue weighted by molar-refractivity contribution is 7.98. The van der Waals surface area contributed by atoms with Gasteiger partial charge in [-0.05, 0) is 31.2 Å². The lowest BCUT2D eigenvalue weighted by molar-refractivity contribution is 0.102. The molecule has 2 aromatic heterocycles. The maximum Gasteiger partial charge on any atom is 0.258 e. The highest BCUT2D eigenvalue weighted by atomic mass is 32.2. The third-order valence-electron chi connectivity index (χ3n) is 3.23. The lowest BCUT2D eigenvalue weighted by Gasteiger charge is -2.09. The quantitative estimate of drug-likeness (QED) is 0.690. The molecule has 5 nitrogen and oxygen atoms in total. The van der Waals surface area contributed by atoms with Gasteiger partial charge >= 0.3 is 0 Å². The molecule has 0 unspecified atom stereocenters. The zero-order valence-electron chi connectivity index (χ0n) is 13.1. The van der Waals surface area contributed by atoms with Crippen LogP contribution in [0.15, 0.2) is 52.1 Å². The maximum atomic E-state index is 13.7. The Balaban J connectivity index is 1.76. The van der Waals surface area contributed by atoms with Crippen molar-refractivity contribution in [3.05, 3.63) is 71.2 Å². The summed E-state index contributed by atoms with van der Waals surface area (Å²) in [7, 11) is 0. The fraction of sp³-hybridized carbons (Fsp3) is 0.118. The Labute approximate surface area is 146 Å². The van der Waals surface area contributed by atoms with Crippen LogP contribution in [0.3, 0.4) is 0 Å². The molecular formula is C17H13F2N3O2S. The number of hydrogen-bond donors (Lipinski definition) is 1. The summed E-state index contributed by atoms with van der Waals surface area (Å²) < 4.78 is 31.7. The average Bonchev–Trinajstić information content (AvgIpc) is 3.01. The molecule has 0 bridgehead atoms. The number of thioether (sulfide) groups is 1. The Bertz CT molecular complexity index is 914. The Morgan fingerprint density at radius 1 is 1.28 bits per heavy atom. The number of rotatable bonds is 5. The molecule has 0 aliphatic carbocycles. The lowest BCUT2D eigenvalue weighted by Crippen LogP contribution is -2.14. The van der Waals surface area contributed by atoms with E-state index in [2.05, 4.69) is 15.5 Å². The smallest absolute Gasteiger partial charge is 0.258 e. The normalized spacial score (nSPS) is 10.7. The van der Waals surface area contributed by atoms with E-state index in [4.69, 9.17) is 4.52 Å². The third-order valence-corrected chi connectivity index (χ3v) is 4.27. The summed E-state index contributed by atoms with van der Waals surface area (Å²) in [5, 5.41) is 6.79. The molecule has 0 atom stereocenters. The number of aryl methyl sites for hydroxylation is 1. The van der Waals surface area contributed by atoms with Gasteiger partial charge < -0.3 is 9.84 Å². The van der Waals surface area contributed by atoms with E-state index < -0.39 is 17.5 Å². The summed E-state index contributed by atoms with van der Waals surface area (Å²) in [6.45, 7) is 1.79. The van der Waals surface area contributed by atoms with Gasteiger partial charge in [-0.15, -0.1) is 0 Å². The minimum absolute atomic E-state index is 0.0988. The molecule has 0 aliphatic rings. The number of pyridine rings is 1. The standard InChI is InChI=1S/C17H13F2N3O2S/c1-10-7-12(22-24-10)9-25-17-13(3-2-6-20-17)16(23)21-15-5-4-11(18)8-14(15)19/h2-8H,9H2,1H3,(H,21,23). The van der Waals surface area contributed by atoms with Crippen molar-refractivity contribution in [2.45, 2.75) is 17.7 Å². The second-order valence-electron chi connectivity index (χ2n) is 5.15. The lowest BCUT2D eigenvalue weighted by atomic mass is 10.2. The number of carbonyl (C=O) groups excluding carboxylic acids is 1. The number of benzene rings is 1. The molecule has 25 heavy (non-hydrogen) atoms. The van der Waals surface area contributed by atoms with E-state index in [-0.39, 0.29) is 11.3 Å². The first-order chi connectivity index (χ1) is 12.0. The van der Waals surface area contributed by atoms with E-state index in [1.165, 1.54) is 17.8 Å². The van der Waals surface area contributed by atoms with Crippen molar-refractivity contribution in [3.8, 4) is 0 Å². The van der Waals surface area contributed by atoms with Crippen molar-refractivity contribution in [2.75, 3.05) is 5.32 Å². The first kappa shape index (κ1) is 17.1. The SMILES string of the molecule is Cc1cc(CSc2ncccc2C(=O)Nc2ccc(F)cc2F)no1. The number of anilines is 1. The van der Waals surface area contributed by atoms with E-state index in [0.29, 0.717) is 22.6 Å². The highest BCUT2D eigenvalue weighted by Gasteiger charge is 2.15. The minimum atomic E-state index is -0.843. The first-order valence-corrected chi connectivity index (χ1v) is 8.28. The van der Waals surface area contributed by atoms with Crippen molar-refractivity contribution < 1.29 is 18.1 Å². The van der Waals surface area contributed by atoms with E-state index >= 15 is 0 Å². The molecule has 0 saturated heterocycles. The summed E-state index contributed by atoms with van der Waals surface area (Å²) in [5.74, 6) is -0.918. The van der Waals surface area contributed by atoms with Gasteiger partial charge in [0.2, 0.25) is 0 Å². The van der Waals surface area contributed by atoms with Crippen LogP contribution in [0.25, 0.3) is 0 Å². The first-order valence-electron chi connectivity index (χ1n) is 7.29. The van der Waals surface area contributed by atoms with Crippen LogP contribution in [-0.4, -0.2) is 16.0 Å². The van der Waals surface area contributed by atoms with Crippen LogP contribution >= 0.6 is 11.8 Å². The van der Waals surface area contributed by atoms with Crippen LogP contribution in [0.5, 0.6) is 0 Å². The molecule has 3 rings (SSSR count). The summed E-state index contributed by atoms with van der Waals surface area (Å²) in [6.07, 6.45) is 1.56. The van der Waals surface area contributed by atoms with Crippen LogP contribution in [0, 0.1) is 18.6 Å². The zero-order valence-corrected chi connectivity index (χ0v) is 13.9. The van der Waals surface area contributed by atoms with Crippen LogP contribution in [0.1, 0.15) is 21.8 Å². The molecule has 2 heterocycles. The van der Waals surface area contributed by atoms with Crippen molar-refractivity contribution in [1.29, 1.82) is 0 Å². The number of nitrogens with one attached hydrogen (secondary N) is 1. The van der Waals surface area contributed by atoms with Crippen LogP contribution in [-0.2, 0) is 5.75 Å². The van der Waals surface area contributed by atoms with Gasteiger partial charge in [-0.3, -0.25) is 4.79 Å². The van der Waals surface area contributed by atoms with Gasteiger partial charge in [0, 0.05) is 24.1 Å². The van der Waals surface area contributed by atoms with Crippen molar-refractivity contribution in [1.82, 2.24) is 10.1 Å². The number of amides is 1. The van der Waals surface area contributed by atoms with Gasteiger partial charge in [0.05, 0.1) is 16.9 Å². The molecular weight excluding hydrogens is 348 g/mol. The molecule has 0 spiro atoms. The number of aromatic nitrogens is 2. The van der Waals surface area contributed by atoms with E-state index in [1.54, 1.807) is 31.3 Å². The van der Waals surface area contributed by atoms with Crippen LogP contribution in [0.4, 0.5) is 14.5 Å². The minimum Gasteiger partial charge on any atom is -0.361 e. The van der Waals surface area contributed by atoms with Crippen molar-refractivity contribution >= 4 is 23.4 Å². The van der Waals surface area contributed by atoms with Gasteiger partial charge in [-0.25, -0.2) is 13.8 Å².